The van der Waals surface area contributed by atoms with Crippen LogP contribution >= 0.6 is 39.3 Å². The number of nitrogens with one attached hydrogen (secondary N) is 1. The fourth-order valence-corrected chi connectivity index (χ4v) is 3.18. The molecule has 106 valence electrons. The van der Waals surface area contributed by atoms with Crippen LogP contribution in [0.25, 0.3) is 0 Å². The van der Waals surface area contributed by atoms with Crippen molar-refractivity contribution < 1.29 is 0 Å². The molecule has 0 aliphatic carbocycles. The normalized spacial score (nSPS) is 10.8. The molecule has 2 rings (SSSR count). The lowest BCUT2D eigenvalue weighted by molar-refractivity contribution is 0.675. The highest BCUT2D eigenvalue weighted by atomic mass is 79.9. The summed E-state index contributed by atoms with van der Waals surface area (Å²) in [5.41, 5.74) is 1.23. The highest BCUT2D eigenvalue weighted by Crippen LogP contribution is 2.34. The summed E-state index contributed by atoms with van der Waals surface area (Å²) in [5.74, 6) is 0. The summed E-state index contributed by atoms with van der Waals surface area (Å²) in [4.78, 5) is 2.28. The first kappa shape index (κ1) is 15.9. The van der Waals surface area contributed by atoms with E-state index in [0.717, 1.165) is 33.9 Å². The van der Waals surface area contributed by atoms with Crippen LogP contribution in [0, 0.1) is 0 Å². The van der Waals surface area contributed by atoms with Gasteiger partial charge in [0.25, 0.3) is 0 Å². The molecule has 0 atom stereocenters. The van der Waals surface area contributed by atoms with Crippen molar-refractivity contribution in [3.05, 3.63) is 57.5 Å². The molecule has 20 heavy (non-hydrogen) atoms. The maximum Gasteiger partial charge on any atom is 0.0548 e. The van der Waals surface area contributed by atoms with Gasteiger partial charge in [0.15, 0.2) is 0 Å². The molecule has 0 saturated heterocycles. The number of benzene rings is 2. The molecule has 0 saturated carbocycles. The molecule has 0 radical (unpaired) electrons. The van der Waals surface area contributed by atoms with E-state index in [4.69, 9.17) is 11.6 Å². The second-order valence-corrected chi connectivity index (χ2v) is 6.94. The summed E-state index contributed by atoms with van der Waals surface area (Å²) in [6, 6.07) is 14.5. The molecular formula is C16H17BrClNS. The van der Waals surface area contributed by atoms with Gasteiger partial charge in [-0.05, 0) is 54.9 Å². The fraction of sp³-hybridized carbons (Fsp3) is 0.250. The monoisotopic (exact) mass is 369 g/mol. The Kier molecular flexibility index (Phi) is 6.43. The Labute approximate surface area is 138 Å². The zero-order valence-electron chi connectivity index (χ0n) is 11.3. The molecule has 0 aliphatic heterocycles. The van der Waals surface area contributed by atoms with Gasteiger partial charge in [-0.2, -0.15) is 0 Å². The summed E-state index contributed by atoms with van der Waals surface area (Å²) < 4.78 is 1.09. The lowest BCUT2D eigenvalue weighted by Crippen LogP contribution is -2.13. The van der Waals surface area contributed by atoms with Gasteiger partial charge in [0.05, 0.1) is 5.02 Å². The molecule has 0 fully saturated rings. The number of hydrogen-bond donors (Lipinski definition) is 1. The minimum atomic E-state index is 0.814. The largest absolute Gasteiger partial charge is 0.313 e. The Balaban J connectivity index is 2.03. The smallest absolute Gasteiger partial charge is 0.0548 e. The first-order valence-electron chi connectivity index (χ1n) is 6.61. The maximum absolute atomic E-state index is 6.37. The van der Waals surface area contributed by atoms with E-state index in [-0.39, 0.29) is 0 Å². The van der Waals surface area contributed by atoms with Crippen molar-refractivity contribution in [1.82, 2.24) is 5.32 Å². The summed E-state index contributed by atoms with van der Waals surface area (Å²) in [7, 11) is 0. The quantitative estimate of drug-likeness (QED) is 0.649. The maximum atomic E-state index is 6.37. The molecule has 4 heteroatoms. The topological polar surface area (TPSA) is 12.0 Å². The SMILES string of the molecule is CCCNCc1ccc(Sc2ccc(Br)cc2)c(Cl)c1. The van der Waals surface area contributed by atoms with Gasteiger partial charge < -0.3 is 5.32 Å². The third-order valence-electron chi connectivity index (χ3n) is 2.79. The molecular weight excluding hydrogens is 354 g/mol. The molecule has 0 spiro atoms. The molecule has 0 aliphatic rings. The van der Waals surface area contributed by atoms with Gasteiger partial charge in [-0.1, -0.05) is 52.3 Å². The Morgan fingerprint density at radius 3 is 2.55 bits per heavy atom. The molecule has 0 amide bonds. The fourth-order valence-electron chi connectivity index (χ4n) is 1.78. The van der Waals surface area contributed by atoms with E-state index >= 15 is 0 Å². The van der Waals surface area contributed by atoms with E-state index in [1.807, 2.05) is 18.2 Å². The van der Waals surface area contributed by atoms with E-state index < -0.39 is 0 Å². The van der Waals surface area contributed by atoms with E-state index in [1.54, 1.807) is 11.8 Å². The van der Waals surface area contributed by atoms with Gasteiger partial charge in [0, 0.05) is 20.8 Å². The van der Waals surface area contributed by atoms with Crippen molar-refractivity contribution in [2.75, 3.05) is 6.54 Å². The predicted molar refractivity (Wildman–Crippen MR) is 91.7 cm³/mol. The van der Waals surface area contributed by atoms with Crippen molar-refractivity contribution in [3.8, 4) is 0 Å². The zero-order valence-corrected chi connectivity index (χ0v) is 14.5. The second kappa shape index (κ2) is 8.08. The second-order valence-electron chi connectivity index (χ2n) is 4.50. The van der Waals surface area contributed by atoms with Gasteiger partial charge in [-0.25, -0.2) is 0 Å². The summed E-state index contributed by atoms with van der Waals surface area (Å²) in [6.07, 6.45) is 1.14. The van der Waals surface area contributed by atoms with Crippen LogP contribution in [0.4, 0.5) is 0 Å². The highest BCUT2D eigenvalue weighted by Gasteiger charge is 2.04. The first-order chi connectivity index (χ1) is 9.69. The average molecular weight is 371 g/mol. The average Bonchev–Trinajstić information content (AvgIpc) is 2.44. The van der Waals surface area contributed by atoms with Gasteiger partial charge in [0.1, 0.15) is 0 Å². The Morgan fingerprint density at radius 1 is 1.15 bits per heavy atom. The van der Waals surface area contributed by atoms with Crippen LogP contribution in [-0.4, -0.2) is 6.54 Å². The van der Waals surface area contributed by atoms with Gasteiger partial charge in [-0.3, -0.25) is 0 Å². The van der Waals surface area contributed by atoms with Crippen LogP contribution in [0.1, 0.15) is 18.9 Å². The Hall–Kier alpha value is -0.480. The van der Waals surface area contributed by atoms with Crippen LogP contribution in [0.15, 0.2) is 56.7 Å². The van der Waals surface area contributed by atoms with Crippen LogP contribution in [0.2, 0.25) is 5.02 Å². The third kappa shape index (κ3) is 4.81. The van der Waals surface area contributed by atoms with Crippen molar-refractivity contribution in [3.63, 3.8) is 0 Å². The lowest BCUT2D eigenvalue weighted by atomic mass is 10.2. The van der Waals surface area contributed by atoms with Crippen molar-refractivity contribution >= 4 is 39.3 Å². The Bertz CT molecular complexity index is 557. The van der Waals surface area contributed by atoms with Gasteiger partial charge >= 0.3 is 0 Å². The molecule has 0 bridgehead atoms. The molecule has 1 N–H and O–H groups in total. The van der Waals surface area contributed by atoms with Crippen LogP contribution in [-0.2, 0) is 6.54 Å². The molecule has 2 aromatic rings. The molecule has 2 aromatic carbocycles. The number of rotatable bonds is 6. The lowest BCUT2D eigenvalue weighted by Gasteiger charge is -2.08. The van der Waals surface area contributed by atoms with Gasteiger partial charge in [0.2, 0.25) is 0 Å². The van der Waals surface area contributed by atoms with Crippen LogP contribution < -0.4 is 5.32 Å². The molecule has 0 heterocycles. The van der Waals surface area contributed by atoms with Crippen LogP contribution in [0.3, 0.4) is 0 Å². The van der Waals surface area contributed by atoms with Crippen molar-refractivity contribution in [2.45, 2.75) is 29.7 Å². The van der Waals surface area contributed by atoms with E-state index in [9.17, 15) is 0 Å². The predicted octanol–water partition coefficient (Wildman–Crippen LogP) is 5.75. The number of halogens is 2. The van der Waals surface area contributed by atoms with E-state index in [2.05, 4.69) is 52.4 Å². The van der Waals surface area contributed by atoms with Crippen molar-refractivity contribution in [2.24, 2.45) is 0 Å². The minimum Gasteiger partial charge on any atom is -0.313 e. The summed E-state index contributed by atoms with van der Waals surface area (Å²) in [5, 5.41) is 4.20. The van der Waals surface area contributed by atoms with Crippen molar-refractivity contribution in [1.29, 1.82) is 0 Å². The minimum absolute atomic E-state index is 0.814. The van der Waals surface area contributed by atoms with Crippen LogP contribution in [0.5, 0.6) is 0 Å². The molecule has 0 aromatic heterocycles. The molecule has 0 unspecified atom stereocenters. The van der Waals surface area contributed by atoms with E-state index in [1.165, 1.54) is 10.5 Å². The van der Waals surface area contributed by atoms with E-state index in [0.29, 0.717) is 0 Å². The third-order valence-corrected chi connectivity index (χ3v) is 4.83. The standard InChI is InChI=1S/C16H17BrClNS/c1-2-9-19-11-12-3-8-16(15(18)10-12)20-14-6-4-13(17)5-7-14/h3-8,10,19H,2,9,11H2,1H3. The summed E-state index contributed by atoms with van der Waals surface area (Å²) in [6.45, 7) is 4.07. The number of hydrogen-bond acceptors (Lipinski definition) is 2. The zero-order chi connectivity index (χ0) is 14.4. The molecule has 1 nitrogen and oxygen atoms in total. The van der Waals surface area contributed by atoms with Gasteiger partial charge in [-0.15, -0.1) is 0 Å². The summed E-state index contributed by atoms with van der Waals surface area (Å²) >= 11 is 11.5. The highest BCUT2D eigenvalue weighted by molar-refractivity contribution is 9.10. The Morgan fingerprint density at radius 2 is 1.90 bits per heavy atom. The first-order valence-corrected chi connectivity index (χ1v) is 8.60.